The lowest BCUT2D eigenvalue weighted by Crippen LogP contribution is -2.61. The molecule has 3 aliphatic rings. The molecule has 0 aliphatic carbocycles. The molecule has 2 amide bonds. The smallest absolute Gasteiger partial charge is 0.251 e. The lowest BCUT2D eigenvalue weighted by Gasteiger charge is -2.41. The van der Waals surface area contributed by atoms with Crippen LogP contribution in [-0.2, 0) is 21.7 Å². The molecule has 1 N–H and O–H groups in total. The highest BCUT2D eigenvalue weighted by Gasteiger charge is 2.78. The van der Waals surface area contributed by atoms with Gasteiger partial charge in [0.05, 0.1) is 12.8 Å². The van der Waals surface area contributed by atoms with E-state index in [1.54, 1.807) is 31.4 Å². The number of thioether (sulfide) groups is 1. The van der Waals surface area contributed by atoms with E-state index >= 15 is 0 Å². The maximum atomic E-state index is 14.5. The number of fused-ring (bicyclic) bond motifs is 3. The van der Waals surface area contributed by atoms with Crippen molar-refractivity contribution in [2.75, 3.05) is 18.9 Å². The minimum Gasteiger partial charge on any atom is -0.467 e. The van der Waals surface area contributed by atoms with Crippen molar-refractivity contribution < 1.29 is 18.4 Å². The lowest BCUT2D eigenvalue weighted by molar-refractivity contribution is -0.138. The van der Waals surface area contributed by atoms with Gasteiger partial charge in [0.2, 0.25) is 5.91 Å². The first-order chi connectivity index (χ1) is 16.4. The summed E-state index contributed by atoms with van der Waals surface area (Å²) < 4.78 is 19.0. The average Bonchev–Trinajstić information content (AvgIpc) is 3.56. The lowest BCUT2D eigenvalue weighted by atomic mass is 9.73. The van der Waals surface area contributed by atoms with Gasteiger partial charge in [0.15, 0.2) is 5.54 Å². The van der Waals surface area contributed by atoms with Crippen LogP contribution >= 0.6 is 24.0 Å². The summed E-state index contributed by atoms with van der Waals surface area (Å²) in [4.78, 5) is 36.2. The largest absolute Gasteiger partial charge is 0.467 e. The van der Waals surface area contributed by atoms with Crippen molar-refractivity contribution in [1.29, 1.82) is 0 Å². The van der Waals surface area contributed by atoms with E-state index < -0.39 is 22.0 Å². The van der Waals surface area contributed by atoms with E-state index in [0.717, 1.165) is 0 Å². The second-order valence-electron chi connectivity index (χ2n) is 8.62. The molecule has 7 nitrogen and oxygen atoms in total. The number of nitrogens with one attached hydrogen (secondary N) is 1. The van der Waals surface area contributed by atoms with E-state index in [-0.39, 0.29) is 18.4 Å². The predicted molar refractivity (Wildman–Crippen MR) is 128 cm³/mol. The summed E-state index contributed by atoms with van der Waals surface area (Å²) in [5.41, 5.74) is 0.119. The Hall–Kier alpha value is -3.08. The van der Waals surface area contributed by atoms with Crippen LogP contribution in [0.15, 0.2) is 65.4 Å². The molecular weight excluding hydrogens is 475 g/mol. The van der Waals surface area contributed by atoms with Crippen molar-refractivity contribution in [3.05, 3.63) is 83.8 Å². The Morgan fingerprint density at radius 3 is 2.85 bits per heavy atom. The number of thiocarbonyl (C=S) groups is 1. The number of likely N-dealkylation sites (tertiary alicyclic amines) is 1. The van der Waals surface area contributed by atoms with Crippen molar-refractivity contribution in [1.82, 2.24) is 14.8 Å². The molecule has 5 heterocycles. The molecule has 2 aromatic heterocycles. The van der Waals surface area contributed by atoms with Crippen LogP contribution in [0.1, 0.15) is 22.9 Å². The van der Waals surface area contributed by atoms with Gasteiger partial charge in [-0.2, -0.15) is 0 Å². The maximum absolute atomic E-state index is 14.5. The number of nitrogens with zero attached hydrogens (tertiary/aromatic N) is 3. The number of halogens is 1. The number of pyridine rings is 1. The maximum Gasteiger partial charge on any atom is 0.251 e. The molecule has 0 bridgehead atoms. The molecule has 3 aliphatic heterocycles. The number of benzene rings is 1. The first-order valence-electron chi connectivity index (χ1n) is 10.7. The molecule has 6 rings (SSSR count). The van der Waals surface area contributed by atoms with E-state index in [1.807, 2.05) is 17.0 Å². The number of hydrogen-bond acceptors (Lipinski definition) is 7. The zero-order valence-electron chi connectivity index (χ0n) is 18.0. The normalized spacial score (nSPS) is 28.4. The molecule has 2 saturated heterocycles. The fraction of sp³-hybridized carbons (Fsp3) is 0.250. The summed E-state index contributed by atoms with van der Waals surface area (Å²) in [5.74, 6) is -1.07. The predicted octanol–water partition coefficient (Wildman–Crippen LogP) is 3.49. The summed E-state index contributed by atoms with van der Waals surface area (Å²) in [6, 6.07) is 13.2. The molecule has 3 atom stereocenters. The van der Waals surface area contributed by atoms with Gasteiger partial charge in [-0.05, 0) is 49.5 Å². The number of hydrogen-bond donors (Lipinski definition) is 1. The van der Waals surface area contributed by atoms with Gasteiger partial charge in [-0.3, -0.25) is 24.4 Å². The van der Waals surface area contributed by atoms with Crippen molar-refractivity contribution in [3.63, 3.8) is 0 Å². The first-order valence-corrected chi connectivity index (χ1v) is 11.9. The average molecular weight is 495 g/mol. The highest BCUT2D eigenvalue weighted by atomic mass is 32.2. The Morgan fingerprint density at radius 2 is 2.12 bits per heavy atom. The second kappa shape index (κ2) is 7.46. The van der Waals surface area contributed by atoms with Crippen LogP contribution in [0.4, 0.5) is 10.1 Å². The quantitative estimate of drug-likeness (QED) is 0.559. The van der Waals surface area contributed by atoms with Crippen LogP contribution in [-0.4, -0.2) is 49.3 Å². The number of carbonyl (C=O) groups excluding carboxylic acids is 2. The third-order valence-corrected chi connectivity index (χ3v) is 8.92. The number of rotatable bonds is 3. The molecule has 0 radical (unpaired) electrons. The molecule has 10 heteroatoms. The number of furan rings is 1. The number of aromatic nitrogens is 1. The Labute approximate surface area is 204 Å². The van der Waals surface area contributed by atoms with E-state index in [1.165, 1.54) is 41.1 Å². The molecular formula is C24H19FN4O3S2. The van der Waals surface area contributed by atoms with Crippen molar-refractivity contribution >= 4 is 45.8 Å². The van der Waals surface area contributed by atoms with Crippen LogP contribution in [0.5, 0.6) is 0 Å². The summed E-state index contributed by atoms with van der Waals surface area (Å²) in [6.07, 6.45) is 3.20. The van der Waals surface area contributed by atoms with Crippen LogP contribution in [0.25, 0.3) is 0 Å². The SMILES string of the molecule is CN1C[C@H](c2ccccn2)[C@@]2(SC(=S)N(Cc3ccco3)C2=O)[C@@]12C(=O)Nc1ccc(F)cc12. The number of amides is 2. The molecule has 172 valence electrons. The number of likely N-dealkylation sites (N-methyl/N-ethyl adjacent to an activating group) is 1. The molecule has 34 heavy (non-hydrogen) atoms. The topological polar surface area (TPSA) is 78.7 Å². The van der Waals surface area contributed by atoms with Crippen LogP contribution in [0.3, 0.4) is 0 Å². The van der Waals surface area contributed by atoms with Crippen LogP contribution in [0, 0.1) is 5.82 Å². The van der Waals surface area contributed by atoms with Crippen molar-refractivity contribution in [3.8, 4) is 0 Å². The molecule has 3 aromatic rings. The summed E-state index contributed by atoms with van der Waals surface area (Å²) in [6.45, 7) is 0.502. The number of carbonyl (C=O) groups is 2. The highest BCUT2D eigenvalue weighted by Crippen LogP contribution is 2.65. The van der Waals surface area contributed by atoms with Gasteiger partial charge in [0.25, 0.3) is 5.91 Å². The summed E-state index contributed by atoms with van der Waals surface area (Å²) in [5, 5.41) is 2.89. The Kier molecular flexibility index (Phi) is 4.71. The zero-order valence-corrected chi connectivity index (χ0v) is 19.7. The van der Waals surface area contributed by atoms with E-state index in [0.29, 0.717) is 33.6 Å². The fourth-order valence-corrected chi connectivity index (χ4v) is 7.75. The molecule has 1 aromatic carbocycles. The molecule has 0 saturated carbocycles. The molecule has 2 fully saturated rings. The van der Waals surface area contributed by atoms with Gasteiger partial charge in [-0.25, -0.2) is 4.39 Å². The van der Waals surface area contributed by atoms with E-state index in [2.05, 4.69) is 10.3 Å². The number of anilines is 1. The third kappa shape index (κ3) is 2.61. The fourth-order valence-electron chi connectivity index (χ4n) is 5.63. The Balaban J connectivity index is 1.60. The highest BCUT2D eigenvalue weighted by molar-refractivity contribution is 8.25. The Morgan fingerprint density at radius 1 is 1.26 bits per heavy atom. The standard InChI is InChI=1S/C24H19FN4O3S2/c1-28-13-17(18-6-2-3-9-26-18)24(21(31)29(22(33)34-24)12-15-5-4-10-32-15)23(28)16-11-14(25)7-8-19(16)27-20(23)30/h2-11,17H,12-13H2,1H3,(H,27,30)/t17-,23-,24+/m1/s1. The van der Waals surface area contributed by atoms with Gasteiger partial charge >= 0.3 is 0 Å². The van der Waals surface area contributed by atoms with Crippen molar-refractivity contribution in [2.45, 2.75) is 22.7 Å². The van der Waals surface area contributed by atoms with Crippen molar-refractivity contribution in [2.24, 2.45) is 0 Å². The molecule has 0 unspecified atom stereocenters. The minimum atomic E-state index is -1.48. The zero-order chi connectivity index (χ0) is 23.7. The molecule has 2 spiro atoms. The third-order valence-electron chi connectivity index (χ3n) is 6.98. The van der Waals surface area contributed by atoms with Crippen LogP contribution in [0.2, 0.25) is 0 Å². The summed E-state index contributed by atoms with van der Waals surface area (Å²) in [7, 11) is 1.79. The second-order valence-corrected chi connectivity index (χ2v) is 10.5. The van der Waals surface area contributed by atoms with Gasteiger partial charge < -0.3 is 9.73 Å². The first kappa shape index (κ1) is 21.5. The minimum absolute atomic E-state index is 0.145. The Bertz CT molecular complexity index is 1340. The van der Waals surface area contributed by atoms with Gasteiger partial charge in [-0.1, -0.05) is 30.0 Å². The van der Waals surface area contributed by atoms with E-state index in [9.17, 15) is 14.0 Å². The van der Waals surface area contributed by atoms with E-state index in [4.69, 9.17) is 16.6 Å². The summed E-state index contributed by atoms with van der Waals surface area (Å²) >= 11 is 6.90. The monoisotopic (exact) mass is 494 g/mol. The van der Waals surface area contributed by atoms with Gasteiger partial charge in [-0.15, -0.1) is 0 Å². The van der Waals surface area contributed by atoms with Crippen LogP contribution < -0.4 is 5.32 Å². The van der Waals surface area contributed by atoms with Gasteiger partial charge in [0, 0.05) is 35.6 Å². The van der Waals surface area contributed by atoms with Gasteiger partial charge in [0.1, 0.15) is 20.6 Å².